The van der Waals surface area contributed by atoms with Gasteiger partial charge in [-0.05, 0) is 29.2 Å². The van der Waals surface area contributed by atoms with Gasteiger partial charge in [-0.15, -0.1) is 0 Å². The molecule has 1 aliphatic carbocycles. The highest BCUT2D eigenvalue weighted by molar-refractivity contribution is 7.80. The fraction of sp³-hybridized carbons (Fsp3) is 0.632. The second kappa shape index (κ2) is 6.48. The van der Waals surface area contributed by atoms with Crippen LogP contribution in [-0.4, -0.2) is 11.0 Å². The van der Waals surface area contributed by atoms with Gasteiger partial charge in [0.2, 0.25) is 0 Å². The van der Waals surface area contributed by atoms with Crippen molar-refractivity contribution >= 4 is 17.2 Å². The van der Waals surface area contributed by atoms with Gasteiger partial charge in [0.15, 0.2) is 0 Å². The average Bonchev–Trinajstić information content (AvgIpc) is 2.43. The second-order valence-corrected chi connectivity index (χ2v) is 8.08. The maximum absolute atomic E-state index is 5.62. The van der Waals surface area contributed by atoms with E-state index in [1.54, 1.807) is 0 Å². The molecule has 0 spiro atoms. The molecule has 3 unspecified atom stereocenters. The van der Waals surface area contributed by atoms with Crippen LogP contribution in [0, 0.1) is 11.8 Å². The molecule has 1 aliphatic rings. The van der Waals surface area contributed by atoms with E-state index in [1.807, 2.05) is 0 Å². The monoisotopic (exact) mass is 303 g/mol. The van der Waals surface area contributed by atoms with Crippen LogP contribution in [0.5, 0.6) is 0 Å². The van der Waals surface area contributed by atoms with Gasteiger partial charge in [-0.2, -0.15) is 0 Å². The Morgan fingerprint density at radius 1 is 1.10 bits per heavy atom. The third-order valence-electron chi connectivity index (χ3n) is 5.04. The van der Waals surface area contributed by atoms with Crippen molar-refractivity contribution in [3.63, 3.8) is 0 Å². The molecule has 1 N–H and O–H groups in total. The molecule has 0 aliphatic heterocycles. The average molecular weight is 304 g/mol. The summed E-state index contributed by atoms with van der Waals surface area (Å²) < 4.78 is 0. The van der Waals surface area contributed by atoms with Crippen molar-refractivity contribution < 1.29 is 0 Å². The number of hydrogen-bond acceptors (Lipinski definition) is 1. The van der Waals surface area contributed by atoms with Crippen LogP contribution in [0.4, 0.5) is 0 Å². The lowest BCUT2D eigenvalue weighted by Gasteiger charge is -2.35. The normalized spacial score (nSPS) is 26.4. The molecule has 1 aromatic rings. The van der Waals surface area contributed by atoms with Gasteiger partial charge in [0.25, 0.3) is 0 Å². The first-order chi connectivity index (χ1) is 9.79. The summed E-state index contributed by atoms with van der Waals surface area (Å²) >= 11 is 5.62. The summed E-state index contributed by atoms with van der Waals surface area (Å²) in [5.74, 6) is 1.49. The highest BCUT2D eigenvalue weighted by Gasteiger charge is 2.27. The second-order valence-electron chi connectivity index (χ2n) is 7.67. The lowest BCUT2D eigenvalue weighted by Crippen LogP contribution is -2.43. The Morgan fingerprint density at radius 2 is 1.71 bits per heavy atom. The summed E-state index contributed by atoms with van der Waals surface area (Å²) in [7, 11) is 0. The van der Waals surface area contributed by atoms with Crippen molar-refractivity contribution in [3.8, 4) is 0 Å². The predicted molar refractivity (Wildman–Crippen MR) is 95.9 cm³/mol. The van der Waals surface area contributed by atoms with Crippen LogP contribution in [0.25, 0.3) is 0 Å². The molecule has 1 saturated carbocycles. The summed E-state index contributed by atoms with van der Waals surface area (Å²) in [5.41, 5.74) is 2.69. The van der Waals surface area contributed by atoms with E-state index in [1.165, 1.54) is 24.8 Å². The third kappa shape index (κ3) is 4.06. The molecule has 0 saturated heterocycles. The molecule has 1 nitrogen and oxygen atoms in total. The standard InChI is InChI=1S/C19H29NS/c1-13-7-6-8-17(14(13)2)20-18(21)15-9-11-16(12-10-15)19(3,4)5/h9-14,17H,6-8H2,1-5H3,(H,20,21). The Kier molecular flexibility index (Phi) is 5.08. The zero-order chi connectivity index (χ0) is 15.6. The van der Waals surface area contributed by atoms with Crippen LogP contribution in [0.1, 0.15) is 65.0 Å². The van der Waals surface area contributed by atoms with Gasteiger partial charge in [-0.1, -0.05) is 83.9 Å². The van der Waals surface area contributed by atoms with Gasteiger partial charge < -0.3 is 5.32 Å². The highest BCUT2D eigenvalue weighted by atomic mass is 32.1. The molecule has 0 radical (unpaired) electrons. The number of nitrogens with one attached hydrogen (secondary N) is 1. The lowest BCUT2D eigenvalue weighted by molar-refractivity contribution is 0.225. The van der Waals surface area contributed by atoms with Gasteiger partial charge in [-0.3, -0.25) is 0 Å². The Labute approximate surface area is 135 Å². The van der Waals surface area contributed by atoms with Gasteiger partial charge in [0.1, 0.15) is 4.99 Å². The highest BCUT2D eigenvalue weighted by Crippen LogP contribution is 2.30. The largest absolute Gasteiger partial charge is 0.373 e. The number of rotatable bonds is 2. The van der Waals surface area contributed by atoms with Crippen LogP contribution in [0.2, 0.25) is 0 Å². The molecule has 3 atom stereocenters. The van der Waals surface area contributed by atoms with E-state index < -0.39 is 0 Å². The summed E-state index contributed by atoms with van der Waals surface area (Å²) in [5, 5.41) is 3.60. The molecule has 0 bridgehead atoms. The van der Waals surface area contributed by atoms with E-state index in [4.69, 9.17) is 12.2 Å². The summed E-state index contributed by atoms with van der Waals surface area (Å²) in [6, 6.07) is 9.26. The van der Waals surface area contributed by atoms with Crippen LogP contribution in [0.3, 0.4) is 0 Å². The Morgan fingerprint density at radius 3 is 2.29 bits per heavy atom. The van der Waals surface area contributed by atoms with Crippen molar-refractivity contribution in [2.75, 3.05) is 0 Å². The Hall–Kier alpha value is -0.890. The zero-order valence-corrected chi connectivity index (χ0v) is 14.9. The van der Waals surface area contributed by atoms with E-state index in [9.17, 15) is 0 Å². The van der Waals surface area contributed by atoms with Crippen LogP contribution < -0.4 is 5.32 Å². The molecule has 2 rings (SSSR count). The molecular formula is C19H29NS. The van der Waals surface area contributed by atoms with Crippen LogP contribution in [0.15, 0.2) is 24.3 Å². The molecule has 1 fully saturated rings. The first-order valence-corrected chi connectivity index (χ1v) is 8.61. The summed E-state index contributed by atoms with van der Waals surface area (Å²) in [6.07, 6.45) is 3.91. The SMILES string of the molecule is CC1CCCC(NC(=S)c2ccc(C(C)(C)C)cc2)C1C. The first kappa shape index (κ1) is 16.5. The van der Waals surface area contributed by atoms with Crippen molar-refractivity contribution in [1.29, 1.82) is 0 Å². The number of thiocarbonyl (C=S) groups is 1. The quantitative estimate of drug-likeness (QED) is 0.765. The fourth-order valence-corrected chi connectivity index (χ4v) is 3.45. The lowest BCUT2D eigenvalue weighted by atomic mass is 9.78. The predicted octanol–water partition coefficient (Wildman–Crippen LogP) is 5.07. The molecular weight excluding hydrogens is 274 g/mol. The molecule has 116 valence electrons. The smallest absolute Gasteiger partial charge is 0.106 e. The Bertz CT molecular complexity index is 483. The number of hydrogen-bond donors (Lipinski definition) is 1. The molecule has 2 heteroatoms. The molecule has 1 aromatic carbocycles. The van der Waals surface area contributed by atoms with E-state index in [0.29, 0.717) is 12.0 Å². The summed E-state index contributed by atoms with van der Waals surface area (Å²) in [4.78, 5) is 0.904. The number of benzene rings is 1. The van der Waals surface area contributed by atoms with Crippen molar-refractivity contribution in [2.24, 2.45) is 11.8 Å². The zero-order valence-electron chi connectivity index (χ0n) is 14.1. The van der Waals surface area contributed by atoms with Gasteiger partial charge >= 0.3 is 0 Å². The van der Waals surface area contributed by atoms with E-state index >= 15 is 0 Å². The molecule has 21 heavy (non-hydrogen) atoms. The maximum atomic E-state index is 5.62. The van der Waals surface area contributed by atoms with Crippen molar-refractivity contribution in [3.05, 3.63) is 35.4 Å². The van der Waals surface area contributed by atoms with Crippen molar-refractivity contribution in [1.82, 2.24) is 5.32 Å². The minimum atomic E-state index is 0.195. The van der Waals surface area contributed by atoms with Crippen molar-refractivity contribution in [2.45, 2.75) is 65.3 Å². The van der Waals surface area contributed by atoms with E-state index in [0.717, 1.165) is 16.5 Å². The molecule has 0 heterocycles. The minimum absolute atomic E-state index is 0.195. The van der Waals surface area contributed by atoms with E-state index in [2.05, 4.69) is 64.2 Å². The van der Waals surface area contributed by atoms with E-state index in [-0.39, 0.29) is 5.41 Å². The Balaban J connectivity index is 2.03. The topological polar surface area (TPSA) is 12.0 Å². The van der Waals surface area contributed by atoms with Crippen LogP contribution >= 0.6 is 12.2 Å². The molecule has 0 amide bonds. The molecule has 0 aromatic heterocycles. The maximum Gasteiger partial charge on any atom is 0.106 e. The third-order valence-corrected chi connectivity index (χ3v) is 5.39. The van der Waals surface area contributed by atoms with Crippen LogP contribution in [-0.2, 0) is 5.41 Å². The fourth-order valence-electron chi connectivity index (χ4n) is 3.16. The first-order valence-electron chi connectivity index (χ1n) is 8.20. The van der Waals surface area contributed by atoms with Gasteiger partial charge in [0, 0.05) is 11.6 Å². The van der Waals surface area contributed by atoms with Gasteiger partial charge in [0.05, 0.1) is 0 Å². The minimum Gasteiger partial charge on any atom is -0.373 e. The summed E-state index contributed by atoms with van der Waals surface area (Å²) in [6.45, 7) is 11.4. The van der Waals surface area contributed by atoms with Gasteiger partial charge in [-0.25, -0.2) is 0 Å².